The number of carbonyl (C=O) groups excluding carboxylic acids is 2. The van der Waals surface area contributed by atoms with Gasteiger partial charge in [0, 0.05) is 11.5 Å². The zero-order valence-corrected chi connectivity index (χ0v) is 16.1. The van der Waals surface area contributed by atoms with Gasteiger partial charge in [-0.25, -0.2) is 4.79 Å². The van der Waals surface area contributed by atoms with Crippen LogP contribution in [-0.4, -0.2) is 30.9 Å². The first-order valence-corrected chi connectivity index (χ1v) is 8.93. The molecule has 2 aromatic carbocycles. The minimum absolute atomic E-state index is 0.0550. The predicted molar refractivity (Wildman–Crippen MR) is 102 cm³/mol. The normalized spacial score (nSPS) is 15.9. The lowest BCUT2D eigenvalue weighted by Gasteiger charge is -2.20. The Morgan fingerprint density at radius 1 is 1.15 bits per heavy atom. The Hall–Kier alpha value is -2.93. The summed E-state index contributed by atoms with van der Waals surface area (Å²) in [7, 11) is 2.93. The second kappa shape index (κ2) is 6.35. The maximum absolute atomic E-state index is 13.1. The molecule has 7 heteroatoms. The zero-order chi connectivity index (χ0) is 19.3. The number of nitrogens with zero attached hydrogens (tertiary/aromatic N) is 1. The monoisotopic (exact) mass is 427 g/mol. The van der Waals surface area contributed by atoms with E-state index in [1.807, 2.05) is 0 Å². The lowest BCUT2D eigenvalue weighted by molar-refractivity contribution is 0.0600. The number of hydrogen-bond acceptors (Lipinski definition) is 5. The van der Waals surface area contributed by atoms with Crippen LogP contribution in [-0.2, 0) is 4.74 Å². The Balaban J connectivity index is 1.91. The molecule has 1 atom stereocenters. The topological polar surface area (TPSA) is 76.8 Å². The summed E-state index contributed by atoms with van der Waals surface area (Å²) in [6.07, 6.45) is 0. The molecule has 3 aromatic rings. The Morgan fingerprint density at radius 2 is 1.85 bits per heavy atom. The van der Waals surface area contributed by atoms with Crippen molar-refractivity contribution in [1.29, 1.82) is 0 Å². The highest BCUT2D eigenvalue weighted by Crippen LogP contribution is 2.37. The van der Waals surface area contributed by atoms with Gasteiger partial charge in [-0.05, 0) is 35.9 Å². The number of carbonyl (C=O) groups is 2. The van der Waals surface area contributed by atoms with Crippen LogP contribution in [0.25, 0.3) is 11.0 Å². The van der Waals surface area contributed by atoms with Crippen LogP contribution < -0.4 is 5.43 Å². The first-order chi connectivity index (χ1) is 12.9. The number of benzene rings is 2. The van der Waals surface area contributed by atoms with Crippen molar-refractivity contribution in [3.63, 3.8) is 0 Å². The van der Waals surface area contributed by atoms with Gasteiger partial charge >= 0.3 is 5.97 Å². The molecule has 0 fully saturated rings. The molecule has 0 unspecified atom stereocenters. The molecule has 0 saturated carbocycles. The highest BCUT2D eigenvalue weighted by Gasteiger charge is 2.40. The summed E-state index contributed by atoms with van der Waals surface area (Å²) in [4.78, 5) is 38.9. The van der Waals surface area contributed by atoms with Crippen molar-refractivity contribution < 1.29 is 18.7 Å². The van der Waals surface area contributed by atoms with Gasteiger partial charge in [0.05, 0.1) is 29.7 Å². The molecule has 0 aliphatic carbocycles. The van der Waals surface area contributed by atoms with Gasteiger partial charge in [-0.15, -0.1) is 0 Å². The summed E-state index contributed by atoms with van der Waals surface area (Å²) < 4.78 is 11.2. The molecule has 1 amide bonds. The first kappa shape index (κ1) is 17.5. The Labute approximate surface area is 162 Å². The van der Waals surface area contributed by atoms with Crippen LogP contribution in [0.5, 0.6) is 0 Å². The third-order valence-electron chi connectivity index (χ3n) is 4.71. The molecule has 0 N–H and O–H groups in total. The third kappa shape index (κ3) is 2.66. The van der Waals surface area contributed by atoms with Crippen LogP contribution in [0, 0.1) is 0 Å². The first-order valence-electron chi connectivity index (χ1n) is 8.14. The lowest BCUT2D eigenvalue weighted by atomic mass is 9.98. The van der Waals surface area contributed by atoms with Gasteiger partial charge in [-0.2, -0.15) is 0 Å². The van der Waals surface area contributed by atoms with Crippen LogP contribution in [0.15, 0.2) is 56.1 Å². The van der Waals surface area contributed by atoms with E-state index in [-0.39, 0.29) is 17.1 Å². The molecule has 27 heavy (non-hydrogen) atoms. The van der Waals surface area contributed by atoms with Crippen LogP contribution in [0.2, 0.25) is 0 Å². The van der Waals surface area contributed by atoms with E-state index in [1.54, 1.807) is 49.5 Å². The van der Waals surface area contributed by atoms with Gasteiger partial charge in [0.1, 0.15) is 5.58 Å². The van der Waals surface area contributed by atoms with E-state index in [9.17, 15) is 14.4 Å². The Morgan fingerprint density at radius 3 is 2.52 bits per heavy atom. The fourth-order valence-corrected chi connectivity index (χ4v) is 3.73. The van der Waals surface area contributed by atoms with Crippen molar-refractivity contribution in [1.82, 2.24) is 4.90 Å². The predicted octanol–water partition coefficient (Wildman–Crippen LogP) is 3.52. The van der Waals surface area contributed by atoms with Crippen molar-refractivity contribution in [3.8, 4) is 0 Å². The summed E-state index contributed by atoms with van der Waals surface area (Å²) in [6.45, 7) is 0. The van der Waals surface area contributed by atoms with Crippen molar-refractivity contribution in [2.24, 2.45) is 0 Å². The largest absolute Gasteiger partial charge is 0.465 e. The van der Waals surface area contributed by atoms with Gasteiger partial charge in [-0.3, -0.25) is 9.59 Å². The van der Waals surface area contributed by atoms with E-state index in [0.29, 0.717) is 27.7 Å². The number of fused-ring (bicyclic) bond motifs is 2. The molecule has 2 heterocycles. The number of esters is 1. The van der Waals surface area contributed by atoms with E-state index in [4.69, 9.17) is 9.15 Å². The zero-order valence-electron chi connectivity index (χ0n) is 14.5. The second-order valence-corrected chi connectivity index (χ2v) is 7.16. The molecule has 0 saturated heterocycles. The number of rotatable bonds is 2. The molecule has 136 valence electrons. The van der Waals surface area contributed by atoms with E-state index in [2.05, 4.69) is 15.9 Å². The summed E-state index contributed by atoms with van der Waals surface area (Å²) in [5, 5.41) is 0.405. The fraction of sp³-hybridized carbons (Fsp3) is 0.150. The molecular formula is C20H14BrNO5. The minimum Gasteiger partial charge on any atom is -0.465 e. The number of halogens is 1. The molecule has 1 aliphatic heterocycles. The number of ether oxygens (including phenoxy) is 1. The van der Waals surface area contributed by atoms with Gasteiger partial charge in [0.15, 0.2) is 5.43 Å². The molecule has 1 aliphatic rings. The van der Waals surface area contributed by atoms with E-state index < -0.39 is 12.0 Å². The average molecular weight is 428 g/mol. The summed E-state index contributed by atoms with van der Waals surface area (Å²) in [6, 6.07) is 11.1. The Bertz CT molecular complexity index is 1150. The molecular weight excluding hydrogens is 414 g/mol. The molecule has 0 spiro atoms. The van der Waals surface area contributed by atoms with Crippen LogP contribution in [0.4, 0.5) is 0 Å². The smallest absolute Gasteiger partial charge is 0.337 e. The average Bonchev–Trinajstić information content (AvgIpc) is 2.93. The maximum atomic E-state index is 13.1. The molecule has 6 nitrogen and oxygen atoms in total. The SMILES string of the molecule is COC(=O)c1ccc([C@@H]2c3c(oc4ccc(Br)cc4c3=O)C(=O)N2C)cc1. The van der Waals surface area contributed by atoms with Gasteiger partial charge in [0.2, 0.25) is 5.76 Å². The van der Waals surface area contributed by atoms with E-state index in [1.165, 1.54) is 12.0 Å². The van der Waals surface area contributed by atoms with Gasteiger partial charge in [0.25, 0.3) is 5.91 Å². The minimum atomic E-state index is -0.584. The quantitative estimate of drug-likeness (QED) is 0.584. The maximum Gasteiger partial charge on any atom is 0.337 e. The van der Waals surface area contributed by atoms with E-state index in [0.717, 1.165) is 4.47 Å². The van der Waals surface area contributed by atoms with Crippen molar-refractivity contribution >= 4 is 38.8 Å². The summed E-state index contributed by atoms with van der Waals surface area (Å²) in [5.41, 5.74) is 1.53. The van der Waals surface area contributed by atoms with Crippen molar-refractivity contribution in [2.45, 2.75) is 6.04 Å². The third-order valence-corrected chi connectivity index (χ3v) is 5.20. The molecule has 0 radical (unpaired) electrons. The highest BCUT2D eigenvalue weighted by molar-refractivity contribution is 9.10. The second-order valence-electron chi connectivity index (χ2n) is 6.25. The highest BCUT2D eigenvalue weighted by atomic mass is 79.9. The van der Waals surface area contributed by atoms with Gasteiger partial charge in [-0.1, -0.05) is 28.1 Å². The fourth-order valence-electron chi connectivity index (χ4n) is 3.37. The van der Waals surface area contributed by atoms with Crippen LogP contribution in [0.3, 0.4) is 0 Å². The van der Waals surface area contributed by atoms with Crippen LogP contribution in [0.1, 0.15) is 38.1 Å². The van der Waals surface area contributed by atoms with Gasteiger partial charge < -0.3 is 14.1 Å². The van der Waals surface area contributed by atoms with Crippen molar-refractivity contribution in [2.75, 3.05) is 14.2 Å². The van der Waals surface area contributed by atoms with Crippen molar-refractivity contribution in [3.05, 3.63) is 79.6 Å². The lowest BCUT2D eigenvalue weighted by Crippen LogP contribution is -2.25. The molecule has 1 aromatic heterocycles. The number of methoxy groups -OCH3 is 1. The van der Waals surface area contributed by atoms with E-state index >= 15 is 0 Å². The standard InChI is InChI=1S/C20H14BrNO5/c1-22-16(10-3-5-11(6-4-10)20(25)26-2)15-17(23)13-9-12(21)7-8-14(13)27-18(15)19(22)24/h3-9,16H,1-2H3/t16-/m1/s1. The number of amides is 1. The Kier molecular flexibility index (Phi) is 4.11. The molecule has 0 bridgehead atoms. The summed E-state index contributed by atoms with van der Waals surface area (Å²) in [5.74, 6) is -0.749. The number of hydrogen-bond donors (Lipinski definition) is 0. The summed E-state index contributed by atoms with van der Waals surface area (Å²) >= 11 is 3.36. The molecule has 4 rings (SSSR count). The van der Waals surface area contributed by atoms with Crippen LogP contribution >= 0.6 is 15.9 Å².